The van der Waals surface area contributed by atoms with E-state index in [0.29, 0.717) is 43.4 Å². The molecule has 1 aliphatic heterocycles. The van der Waals surface area contributed by atoms with Crippen molar-refractivity contribution in [2.45, 2.75) is 32.1 Å². The minimum Gasteiger partial charge on any atom is -0.494 e. The van der Waals surface area contributed by atoms with E-state index in [9.17, 15) is 9.59 Å². The molecule has 1 amide bonds. The van der Waals surface area contributed by atoms with E-state index in [1.165, 1.54) is 6.07 Å². The Morgan fingerprint density at radius 2 is 1.97 bits per heavy atom. The van der Waals surface area contributed by atoms with Crippen LogP contribution >= 0.6 is 0 Å². The first kappa shape index (κ1) is 19.9. The molecule has 0 unspecified atom stereocenters. The second kappa shape index (κ2) is 8.94. The normalized spacial score (nSPS) is 14.6. The van der Waals surface area contributed by atoms with Gasteiger partial charge in [0.15, 0.2) is 5.82 Å². The smallest absolute Gasteiger partial charge is 0.259 e. The minimum atomic E-state index is -0.180. The summed E-state index contributed by atoms with van der Waals surface area (Å²) in [5, 5.41) is 4.11. The molecule has 0 radical (unpaired) electrons. The molecule has 0 bridgehead atoms. The van der Waals surface area contributed by atoms with Crippen molar-refractivity contribution in [1.82, 2.24) is 20.0 Å². The zero-order chi connectivity index (χ0) is 20.9. The molecule has 0 aliphatic carbocycles. The minimum absolute atomic E-state index is 0.125. The monoisotopic (exact) mass is 408 g/mol. The van der Waals surface area contributed by atoms with Gasteiger partial charge < -0.3 is 19.1 Å². The van der Waals surface area contributed by atoms with Crippen LogP contribution in [0.2, 0.25) is 0 Å². The maximum atomic E-state index is 12.7. The third kappa shape index (κ3) is 4.59. The SMILES string of the molecule is CCOc1ccc(CC(=O)N2CCC(c3noc(-c4ccc(=O)[nH]c4)n3)CC2)cc1. The van der Waals surface area contributed by atoms with E-state index < -0.39 is 0 Å². The average Bonchev–Trinajstić information content (AvgIpc) is 3.26. The van der Waals surface area contributed by atoms with E-state index in [1.54, 1.807) is 12.3 Å². The lowest BCUT2D eigenvalue weighted by Crippen LogP contribution is -2.39. The first-order chi connectivity index (χ1) is 14.6. The van der Waals surface area contributed by atoms with Crippen molar-refractivity contribution in [1.29, 1.82) is 0 Å². The Balaban J connectivity index is 1.32. The van der Waals surface area contributed by atoms with Gasteiger partial charge in [-0.25, -0.2) is 0 Å². The van der Waals surface area contributed by atoms with Gasteiger partial charge in [0, 0.05) is 31.3 Å². The number of carbonyl (C=O) groups excluding carboxylic acids is 1. The summed E-state index contributed by atoms with van der Waals surface area (Å²) >= 11 is 0. The van der Waals surface area contributed by atoms with Gasteiger partial charge in [-0.15, -0.1) is 0 Å². The highest BCUT2D eigenvalue weighted by Crippen LogP contribution is 2.28. The molecule has 30 heavy (non-hydrogen) atoms. The summed E-state index contributed by atoms with van der Waals surface area (Å²) in [4.78, 5) is 32.8. The summed E-state index contributed by atoms with van der Waals surface area (Å²) in [5.74, 6) is 2.13. The quantitative estimate of drug-likeness (QED) is 0.673. The zero-order valence-electron chi connectivity index (χ0n) is 16.8. The number of nitrogens with zero attached hydrogens (tertiary/aromatic N) is 3. The van der Waals surface area contributed by atoms with E-state index in [2.05, 4.69) is 15.1 Å². The summed E-state index contributed by atoms with van der Waals surface area (Å²) in [6.45, 7) is 3.91. The molecule has 2 aromatic heterocycles. The van der Waals surface area contributed by atoms with Gasteiger partial charge in [0.2, 0.25) is 11.5 Å². The van der Waals surface area contributed by atoms with E-state index >= 15 is 0 Å². The van der Waals surface area contributed by atoms with E-state index in [0.717, 1.165) is 24.2 Å². The third-order valence-electron chi connectivity index (χ3n) is 5.28. The van der Waals surface area contributed by atoms with Crippen LogP contribution in [-0.2, 0) is 11.2 Å². The van der Waals surface area contributed by atoms with Gasteiger partial charge in [-0.3, -0.25) is 9.59 Å². The first-order valence-corrected chi connectivity index (χ1v) is 10.1. The molecule has 1 aliphatic rings. The first-order valence-electron chi connectivity index (χ1n) is 10.1. The van der Waals surface area contributed by atoms with Gasteiger partial charge in [0.1, 0.15) is 5.75 Å². The third-order valence-corrected chi connectivity index (χ3v) is 5.28. The van der Waals surface area contributed by atoms with Crippen molar-refractivity contribution in [2.24, 2.45) is 0 Å². The molecule has 0 saturated carbocycles. The van der Waals surface area contributed by atoms with Crippen molar-refractivity contribution >= 4 is 5.91 Å². The molecular formula is C22H24N4O4. The fraction of sp³-hybridized carbons (Fsp3) is 0.364. The largest absolute Gasteiger partial charge is 0.494 e. The highest BCUT2D eigenvalue weighted by molar-refractivity contribution is 5.79. The number of hydrogen-bond donors (Lipinski definition) is 1. The van der Waals surface area contributed by atoms with Gasteiger partial charge in [-0.1, -0.05) is 17.3 Å². The van der Waals surface area contributed by atoms with Crippen LogP contribution in [0.5, 0.6) is 5.75 Å². The van der Waals surface area contributed by atoms with Crippen molar-refractivity contribution in [3.8, 4) is 17.2 Å². The predicted molar refractivity (Wildman–Crippen MR) is 110 cm³/mol. The molecule has 4 rings (SSSR count). The Bertz CT molecular complexity index is 1030. The molecule has 1 N–H and O–H groups in total. The summed E-state index contributed by atoms with van der Waals surface area (Å²) in [5.41, 5.74) is 1.48. The van der Waals surface area contributed by atoms with Crippen LogP contribution in [0.3, 0.4) is 0 Å². The Labute approximate surface area is 173 Å². The number of aromatic nitrogens is 3. The second-order valence-corrected chi connectivity index (χ2v) is 7.31. The highest BCUT2D eigenvalue weighted by Gasteiger charge is 2.27. The Kier molecular flexibility index (Phi) is 5.92. The molecule has 1 fully saturated rings. The van der Waals surface area contributed by atoms with Crippen molar-refractivity contribution < 1.29 is 14.1 Å². The van der Waals surface area contributed by atoms with Crippen LogP contribution in [0.25, 0.3) is 11.5 Å². The van der Waals surface area contributed by atoms with Crippen LogP contribution in [0.4, 0.5) is 0 Å². The summed E-state index contributed by atoms with van der Waals surface area (Å²) < 4.78 is 10.8. The summed E-state index contributed by atoms with van der Waals surface area (Å²) in [6.07, 6.45) is 3.52. The van der Waals surface area contributed by atoms with Crippen LogP contribution in [-0.4, -0.2) is 45.6 Å². The van der Waals surface area contributed by atoms with Crippen molar-refractivity contribution in [3.63, 3.8) is 0 Å². The second-order valence-electron chi connectivity index (χ2n) is 7.31. The van der Waals surface area contributed by atoms with Crippen LogP contribution in [0, 0.1) is 0 Å². The van der Waals surface area contributed by atoms with Crippen LogP contribution in [0.1, 0.15) is 37.1 Å². The molecule has 1 aromatic carbocycles. The average molecular weight is 408 g/mol. The van der Waals surface area contributed by atoms with E-state index in [-0.39, 0.29) is 17.4 Å². The Morgan fingerprint density at radius 3 is 2.63 bits per heavy atom. The lowest BCUT2D eigenvalue weighted by Gasteiger charge is -2.30. The van der Waals surface area contributed by atoms with Crippen molar-refractivity contribution in [2.75, 3.05) is 19.7 Å². The number of hydrogen-bond acceptors (Lipinski definition) is 6. The molecule has 8 heteroatoms. The Morgan fingerprint density at radius 1 is 1.20 bits per heavy atom. The number of pyridine rings is 1. The number of amides is 1. The number of aromatic amines is 1. The molecule has 3 heterocycles. The summed E-state index contributed by atoms with van der Waals surface area (Å²) in [6, 6.07) is 10.7. The topological polar surface area (TPSA) is 101 Å². The standard InChI is InChI=1S/C22H24N4O4/c1-2-29-18-6-3-15(4-7-18)13-20(28)26-11-9-16(10-12-26)21-24-22(30-25-21)17-5-8-19(27)23-14-17/h3-8,14,16H,2,9-13H2,1H3,(H,23,27). The predicted octanol–water partition coefficient (Wildman–Crippen LogP) is 2.77. The number of piperidine rings is 1. The number of carbonyl (C=O) groups is 1. The zero-order valence-corrected chi connectivity index (χ0v) is 16.8. The molecule has 156 valence electrons. The number of benzene rings is 1. The molecule has 0 spiro atoms. The lowest BCUT2D eigenvalue weighted by molar-refractivity contribution is -0.131. The van der Waals surface area contributed by atoms with Gasteiger partial charge >= 0.3 is 0 Å². The van der Waals surface area contributed by atoms with Gasteiger partial charge in [0.05, 0.1) is 18.6 Å². The number of nitrogens with one attached hydrogen (secondary N) is 1. The lowest BCUT2D eigenvalue weighted by atomic mass is 9.95. The fourth-order valence-corrected chi connectivity index (χ4v) is 3.61. The van der Waals surface area contributed by atoms with Crippen LogP contribution in [0.15, 0.2) is 51.9 Å². The van der Waals surface area contributed by atoms with Gasteiger partial charge in [-0.05, 0) is 43.5 Å². The number of H-pyrrole nitrogens is 1. The maximum absolute atomic E-state index is 12.7. The molecule has 1 saturated heterocycles. The van der Waals surface area contributed by atoms with E-state index in [4.69, 9.17) is 9.26 Å². The van der Waals surface area contributed by atoms with Crippen LogP contribution < -0.4 is 10.3 Å². The fourth-order valence-electron chi connectivity index (χ4n) is 3.61. The van der Waals surface area contributed by atoms with Gasteiger partial charge in [-0.2, -0.15) is 4.98 Å². The number of rotatable bonds is 6. The maximum Gasteiger partial charge on any atom is 0.259 e. The number of ether oxygens (including phenoxy) is 1. The molecular weight excluding hydrogens is 384 g/mol. The molecule has 0 atom stereocenters. The number of likely N-dealkylation sites (tertiary alicyclic amines) is 1. The van der Waals surface area contributed by atoms with Gasteiger partial charge in [0.25, 0.3) is 5.89 Å². The van der Waals surface area contributed by atoms with E-state index in [1.807, 2.05) is 36.1 Å². The molecule has 3 aromatic rings. The van der Waals surface area contributed by atoms with Crippen molar-refractivity contribution in [3.05, 3.63) is 64.3 Å². The summed E-state index contributed by atoms with van der Waals surface area (Å²) in [7, 11) is 0. The highest BCUT2D eigenvalue weighted by atomic mass is 16.5. The Hall–Kier alpha value is -3.42. The molecule has 8 nitrogen and oxygen atoms in total.